The molecule has 18 heavy (non-hydrogen) atoms. The van der Waals surface area contributed by atoms with E-state index in [1.807, 2.05) is 0 Å². The molecule has 0 aromatic rings. The quantitative estimate of drug-likeness (QED) is 0.581. The SMILES string of the molecule is CC(=O)O.CCCNCCCCCCCC(C)C. The molecule has 0 aromatic heterocycles. The van der Waals surface area contributed by atoms with Gasteiger partial charge in [0.15, 0.2) is 0 Å². The van der Waals surface area contributed by atoms with Crippen LogP contribution in [0.2, 0.25) is 0 Å². The van der Waals surface area contributed by atoms with Crippen molar-refractivity contribution in [2.75, 3.05) is 13.1 Å². The molecule has 0 amide bonds. The molecule has 110 valence electrons. The second-order valence-electron chi connectivity index (χ2n) is 5.22. The van der Waals surface area contributed by atoms with Gasteiger partial charge < -0.3 is 10.4 Å². The molecule has 0 saturated heterocycles. The van der Waals surface area contributed by atoms with Crippen LogP contribution in [-0.4, -0.2) is 24.2 Å². The van der Waals surface area contributed by atoms with E-state index >= 15 is 0 Å². The van der Waals surface area contributed by atoms with Crippen molar-refractivity contribution in [2.24, 2.45) is 5.92 Å². The van der Waals surface area contributed by atoms with Gasteiger partial charge in [0, 0.05) is 6.92 Å². The summed E-state index contributed by atoms with van der Waals surface area (Å²) in [5.41, 5.74) is 0. The third kappa shape index (κ3) is 29.5. The summed E-state index contributed by atoms with van der Waals surface area (Å²) in [5.74, 6) is 0.0567. The summed E-state index contributed by atoms with van der Waals surface area (Å²) in [6.45, 7) is 10.3. The minimum atomic E-state index is -0.833. The molecule has 0 heterocycles. The monoisotopic (exact) mass is 259 g/mol. The third-order valence-electron chi connectivity index (χ3n) is 2.56. The molecule has 0 fully saturated rings. The summed E-state index contributed by atoms with van der Waals surface area (Å²) in [5, 5.41) is 10.9. The Balaban J connectivity index is 0. The van der Waals surface area contributed by atoms with Crippen LogP contribution in [0.25, 0.3) is 0 Å². The van der Waals surface area contributed by atoms with Crippen molar-refractivity contribution in [3.63, 3.8) is 0 Å². The van der Waals surface area contributed by atoms with Crippen LogP contribution in [-0.2, 0) is 4.79 Å². The Hall–Kier alpha value is -0.570. The van der Waals surface area contributed by atoms with Crippen molar-refractivity contribution in [3.05, 3.63) is 0 Å². The Morgan fingerprint density at radius 1 is 1.06 bits per heavy atom. The lowest BCUT2D eigenvalue weighted by Crippen LogP contribution is -2.15. The van der Waals surface area contributed by atoms with Crippen LogP contribution in [0, 0.1) is 5.92 Å². The first-order valence-corrected chi connectivity index (χ1v) is 7.40. The van der Waals surface area contributed by atoms with E-state index in [0.717, 1.165) is 12.8 Å². The number of aliphatic carboxylic acids is 1. The Bertz CT molecular complexity index is 166. The molecular formula is C15H33NO2. The van der Waals surface area contributed by atoms with E-state index in [4.69, 9.17) is 9.90 Å². The van der Waals surface area contributed by atoms with Crippen LogP contribution >= 0.6 is 0 Å². The third-order valence-corrected chi connectivity index (χ3v) is 2.56. The molecule has 0 atom stereocenters. The van der Waals surface area contributed by atoms with Gasteiger partial charge in [0.2, 0.25) is 0 Å². The summed E-state index contributed by atoms with van der Waals surface area (Å²) in [6, 6.07) is 0. The van der Waals surface area contributed by atoms with Gasteiger partial charge in [-0.15, -0.1) is 0 Å². The first-order chi connectivity index (χ1) is 8.50. The number of hydrogen-bond donors (Lipinski definition) is 2. The normalized spacial score (nSPS) is 10.1. The number of rotatable bonds is 10. The Labute approximate surface area is 113 Å². The highest BCUT2D eigenvalue weighted by atomic mass is 16.4. The zero-order valence-electron chi connectivity index (χ0n) is 12.8. The van der Waals surface area contributed by atoms with Gasteiger partial charge >= 0.3 is 0 Å². The predicted octanol–water partition coefficient (Wildman–Crippen LogP) is 4.07. The Kier molecular flexibility index (Phi) is 18.0. The number of nitrogens with one attached hydrogen (secondary N) is 1. The average molecular weight is 259 g/mol. The summed E-state index contributed by atoms with van der Waals surface area (Å²) in [4.78, 5) is 9.00. The molecule has 0 aliphatic heterocycles. The van der Waals surface area contributed by atoms with Gasteiger partial charge in [0.05, 0.1) is 0 Å². The van der Waals surface area contributed by atoms with Gasteiger partial charge in [-0.1, -0.05) is 52.9 Å². The number of unbranched alkanes of at least 4 members (excludes halogenated alkanes) is 4. The first kappa shape index (κ1) is 19.8. The first-order valence-electron chi connectivity index (χ1n) is 7.40. The summed E-state index contributed by atoms with van der Waals surface area (Å²) in [6.07, 6.45) is 9.74. The van der Waals surface area contributed by atoms with Crippen LogP contribution in [0.5, 0.6) is 0 Å². The molecule has 0 spiro atoms. The molecule has 3 nitrogen and oxygen atoms in total. The average Bonchev–Trinajstić information content (AvgIpc) is 2.26. The zero-order valence-corrected chi connectivity index (χ0v) is 12.8. The summed E-state index contributed by atoms with van der Waals surface area (Å²) >= 11 is 0. The lowest BCUT2D eigenvalue weighted by molar-refractivity contribution is -0.134. The molecule has 0 unspecified atom stereocenters. The fourth-order valence-corrected chi connectivity index (χ4v) is 1.63. The largest absolute Gasteiger partial charge is 0.481 e. The highest BCUT2D eigenvalue weighted by Crippen LogP contribution is 2.09. The maximum atomic E-state index is 9.00. The smallest absolute Gasteiger partial charge is 0.300 e. The molecule has 0 aliphatic rings. The molecule has 0 aliphatic carbocycles. The van der Waals surface area contributed by atoms with Crippen LogP contribution < -0.4 is 5.32 Å². The van der Waals surface area contributed by atoms with E-state index in [-0.39, 0.29) is 0 Å². The molecule has 0 radical (unpaired) electrons. The van der Waals surface area contributed by atoms with E-state index in [1.54, 1.807) is 0 Å². The minimum Gasteiger partial charge on any atom is -0.481 e. The highest BCUT2D eigenvalue weighted by Gasteiger charge is 1.94. The van der Waals surface area contributed by atoms with Gasteiger partial charge in [-0.3, -0.25) is 4.79 Å². The van der Waals surface area contributed by atoms with Gasteiger partial charge in [0.25, 0.3) is 5.97 Å². The summed E-state index contributed by atoms with van der Waals surface area (Å²) < 4.78 is 0. The highest BCUT2D eigenvalue weighted by molar-refractivity contribution is 5.62. The molecule has 0 rings (SSSR count). The fourth-order valence-electron chi connectivity index (χ4n) is 1.63. The van der Waals surface area contributed by atoms with E-state index in [0.29, 0.717) is 0 Å². The fraction of sp³-hybridized carbons (Fsp3) is 0.933. The molecule has 3 heteroatoms. The topological polar surface area (TPSA) is 49.3 Å². The Morgan fingerprint density at radius 3 is 2.06 bits per heavy atom. The maximum absolute atomic E-state index is 9.00. The van der Waals surface area contributed by atoms with E-state index < -0.39 is 5.97 Å². The van der Waals surface area contributed by atoms with Crippen molar-refractivity contribution in [1.82, 2.24) is 5.32 Å². The lowest BCUT2D eigenvalue weighted by Gasteiger charge is -2.05. The van der Waals surface area contributed by atoms with Crippen molar-refractivity contribution in [3.8, 4) is 0 Å². The van der Waals surface area contributed by atoms with E-state index in [2.05, 4.69) is 26.1 Å². The standard InChI is InChI=1S/C13H29N.C2H4O2/c1-4-11-14-12-9-7-5-6-8-10-13(2)3;1-2(3)4/h13-14H,4-12H2,1-3H3;1H3,(H,3,4). The number of carboxylic acid groups (broad SMARTS) is 1. The number of carbonyl (C=O) groups is 1. The van der Waals surface area contributed by atoms with Crippen LogP contribution in [0.1, 0.15) is 72.6 Å². The Morgan fingerprint density at radius 2 is 1.56 bits per heavy atom. The van der Waals surface area contributed by atoms with Crippen LogP contribution in [0.3, 0.4) is 0 Å². The van der Waals surface area contributed by atoms with Crippen LogP contribution in [0.4, 0.5) is 0 Å². The molecule has 2 N–H and O–H groups in total. The van der Waals surface area contributed by atoms with E-state index in [9.17, 15) is 0 Å². The van der Waals surface area contributed by atoms with Gasteiger partial charge in [-0.25, -0.2) is 0 Å². The molecule has 0 aromatic carbocycles. The van der Waals surface area contributed by atoms with Crippen LogP contribution in [0.15, 0.2) is 0 Å². The van der Waals surface area contributed by atoms with E-state index in [1.165, 1.54) is 58.0 Å². The second kappa shape index (κ2) is 16.4. The predicted molar refractivity (Wildman–Crippen MR) is 79.0 cm³/mol. The van der Waals surface area contributed by atoms with Gasteiger partial charge in [-0.05, 0) is 31.8 Å². The molecular weight excluding hydrogens is 226 g/mol. The zero-order chi connectivity index (χ0) is 14.2. The van der Waals surface area contributed by atoms with Crippen molar-refractivity contribution >= 4 is 5.97 Å². The minimum absolute atomic E-state index is 0.833. The van der Waals surface area contributed by atoms with Crippen molar-refractivity contribution in [2.45, 2.75) is 72.6 Å². The van der Waals surface area contributed by atoms with Crippen molar-refractivity contribution in [1.29, 1.82) is 0 Å². The van der Waals surface area contributed by atoms with Gasteiger partial charge in [0.1, 0.15) is 0 Å². The molecule has 0 saturated carbocycles. The number of carboxylic acids is 1. The summed E-state index contributed by atoms with van der Waals surface area (Å²) in [7, 11) is 0. The van der Waals surface area contributed by atoms with Crippen molar-refractivity contribution < 1.29 is 9.90 Å². The second-order valence-corrected chi connectivity index (χ2v) is 5.22. The lowest BCUT2D eigenvalue weighted by atomic mass is 10.0. The maximum Gasteiger partial charge on any atom is 0.300 e. The van der Waals surface area contributed by atoms with Gasteiger partial charge in [-0.2, -0.15) is 0 Å². The number of hydrogen-bond acceptors (Lipinski definition) is 2. The molecule has 0 bridgehead atoms.